The van der Waals surface area contributed by atoms with E-state index in [2.05, 4.69) is 68.2 Å². The molecular formula is C23H36N6O. The van der Waals surface area contributed by atoms with Crippen LogP contribution in [0.1, 0.15) is 25.2 Å². The highest BCUT2D eigenvalue weighted by molar-refractivity contribution is 5.79. The number of benzene rings is 1. The van der Waals surface area contributed by atoms with Gasteiger partial charge in [-0.1, -0.05) is 44.2 Å². The smallest absolute Gasteiger partial charge is 0.191 e. The van der Waals surface area contributed by atoms with Gasteiger partial charge in [-0.25, -0.2) is 4.98 Å². The van der Waals surface area contributed by atoms with Crippen LogP contribution in [0.5, 0.6) is 0 Å². The Morgan fingerprint density at radius 2 is 2.10 bits per heavy atom. The van der Waals surface area contributed by atoms with Gasteiger partial charge in [-0.2, -0.15) is 0 Å². The lowest BCUT2D eigenvalue weighted by Gasteiger charge is -2.34. The first-order valence-electron chi connectivity index (χ1n) is 11.0. The van der Waals surface area contributed by atoms with Crippen LogP contribution in [0, 0.1) is 5.92 Å². The third-order valence-electron chi connectivity index (χ3n) is 5.21. The van der Waals surface area contributed by atoms with Gasteiger partial charge in [0.15, 0.2) is 5.96 Å². The Morgan fingerprint density at radius 1 is 1.27 bits per heavy atom. The maximum atomic E-state index is 5.92. The summed E-state index contributed by atoms with van der Waals surface area (Å²) in [6.07, 6.45) is 4.94. The van der Waals surface area contributed by atoms with E-state index in [1.807, 2.05) is 18.5 Å². The summed E-state index contributed by atoms with van der Waals surface area (Å²) in [4.78, 5) is 11.4. The Hall–Kier alpha value is -2.38. The summed E-state index contributed by atoms with van der Waals surface area (Å²) < 4.78 is 8.12. The van der Waals surface area contributed by atoms with E-state index in [1.54, 1.807) is 7.05 Å². The van der Waals surface area contributed by atoms with Gasteiger partial charge in [-0.05, 0) is 11.5 Å². The van der Waals surface area contributed by atoms with E-state index in [9.17, 15) is 0 Å². The van der Waals surface area contributed by atoms with Crippen LogP contribution in [-0.2, 0) is 17.7 Å². The Kier molecular flexibility index (Phi) is 8.71. The molecule has 164 valence electrons. The van der Waals surface area contributed by atoms with Crippen molar-refractivity contribution >= 4 is 5.96 Å². The number of hydrogen-bond acceptors (Lipinski definition) is 4. The van der Waals surface area contributed by atoms with Crippen LogP contribution >= 0.6 is 0 Å². The Morgan fingerprint density at radius 3 is 2.87 bits per heavy atom. The molecule has 0 aliphatic carbocycles. The molecule has 1 aliphatic rings. The fraction of sp³-hybridized carbons (Fsp3) is 0.565. The number of aliphatic imine (C=N–C) groups is 1. The van der Waals surface area contributed by atoms with Gasteiger partial charge in [-0.3, -0.25) is 9.89 Å². The molecule has 3 rings (SSSR count). The lowest BCUT2D eigenvalue weighted by molar-refractivity contribution is -0.0284. The molecule has 0 amide bonds. The standard InChI is InChI=1S/C23H36N6O/c1-19(2)16-28-13-14-30-21(18-28)15-27-23(24-3)26-10-9-22-25-11-12-29(22)17-20-7-5-4-6-8-20/h4-8,11-12,19,21H,9-10,13-18H2,1-3H3,(H2,24,26,27). The van der Waals surface area contributed by atoms with E-state index in [0.29, 0.717) is 5.92 Å². The molecule has 2 aromatic rings. The average Bonchev–Trinajstić information content (AvgIpc) is 3.18. The first-order chi connectivity index (χ1) is 14.6. The second-order valence-electron chi connectivity index (χ2n) is 8.23. The molecule has 1 aromatic carbocycles. The van der Waals surface area contributed by atoms with Gasteiger partial charge in [-0.15, -0.1) is 0 Å². The Bertz CT molecular complexity index is 773. The second-order valence-corrected chi connectivity index (χ2v) is 8.23. The van der Waals surface area contributed by atoms with Crippen molar-refractivity contribution in [3.63, 3.8) is 0 Å². The van der Waals surface area contributed by atoms with Gasteiger partial charge in [0.25, 0.3) is 0 Å². The van der Waals surface area contributed by atoms with Gasteiger partial charge in [0, 0.05) is 65.1 Å². The van der Waals surface area contributed by atoms with Crippen molar-refractivity contribution in [1.82, 2.24) is 25.1 Å². The SMILES string of the molecule is CN=C(NCCc1nccn1Cc1ccccc1)NCC1CN(CC(C)C)CCO1. The lowest BCUT2D eigenvalue weighted by atomic mass is 10.2. The first-order valence-corrected chi connectivity index (χ1v) is 11.0. The molecule has 0 spiro atoms. The van der Waals surface area contributed by atoms with Gasteiger partial charge < -0.3 is 19.9 Å². The van der Waals surface area contributed by atoms with Crippen LogP contribution in [0.15, 0.2) is 47.7 Å². The van der Waals surface area contributed by atoms with E-state index in [0.717, 1.165) is 64.1 Å². The zero-order valence-corrected chi connectivity index (χ0v) is 18.6. The van der Waals surface area contributed by atoms with Gasteiger partial charge in [0.05, 0.1) is 12.7 Å². The number of ether oxygens (including phenoxy) is 1. The number of morpholine rings is 1. The highest BCUT2D eigenvalue weighted by Gasteiger charge is 2.21. The molecule has 1 aliphatic heterocycles. The molecule has 0 saturated carbocycles. The predicted octanol–water partition coefficient (Wildman–Crippen LogP) is 2.00. The van der Waals surface area contributed by atoms with E-state index < -0.39 is 0 Å². The summed E-state index contributed by atoms with van der Waals surface area (Å²) in [6, 6.07) is 10.5. The molecule has 7 nitrogen and oxygen atoms in total. The zero-order chi connectivity index (χ0) is 21.2. The topological polar surface area (TPSA) is 66.7 Å². The van der Waals surface area contributed by atoms with Gasteiger partial charge in [0.2, 0.25) is 0 Å². The summed E-state index contributed by atoms with van der Waals surface area (Å²) in [5.74, 6) is 2.56. The minimum absolute atomic E-state index is 0.195. The molecule has 1 unspecified atom stereocenters. The maximum Gasteiger partial charge on any atom is 0.191 e. The van der Waals surface area contributed by atoms with Crippen LogP contribution in [0.4, 0.5) is 0 Å². The monoisotopic (exact) mass is 412 g/mol. The van der Waals surface area contributed by atoms with Crippen molar-refractivity contribution in [1.29, 1.82) is 0 Å². The average molecular weight is 413 g/mol. The molecule has 2 N–H and O–H groups in total. The Balaban J connectivity index is 1.40. The summed E-state index contributed by atoms with van der Waals surface area (Å²) >= 11 is 0. The first kappa shape index (κ1) is 22.3. The lowest BCUT2D eigenvalue weighted by Crippen LogP contribution is -2.50. The highest BCUT2D eigenvalue weighted by Crippen LogP contribution is 2.08. The quantitative estimate of drug-likeness (QED) is 0.487. The van der Waals surface area contributed by atoms with Crippen molar-refractivity contribution in [3.8, 4) is 0 Å². The van der Waals surface area contributed by atoms with E-state index in [4.69, 9.17) is 4.74 Å². The van der Waals surface area contributed by atoms with Crippen molar-refractivity contribution in [2.45, 2.75) is 32.9 Å². The van der Waals surface area contributed by atoms with Crippen LogP contribution in [0.25, 0.3) is 0 Å². The van der Waals surface area contributed by atoms with Crippen molar-refractivity contribution in [2.75, 3.05) is 46.4 Å². The largest absolute Gasteiger partial charge is 0.374 e. The van der Waals surface area contributed by atoms with Crippen LogP contribution in [0.3, 0.4) is 0 Å². The summed E-state index contributed by atoms with van der Waals surface area (Å²) in [7, 11) is 1.80. The van der Waals surface area contributed by atoms with E-state index in [1.165, 1.54) is 5.56 Å². The number of guanidine groups is 1. The summed E-state index contributed by atoms with van der Waals surface area (Å²) in [5.41, 5.74) is 1.28. The van der Waals surface area contributed by atoms with Gasteiger partial charge >= 0.3 is 0 Å². The van der Waals surface area contributed by atoms with Crippen molar-refractivity contribution < 1.29 is 4.74 Å². The highest BCUT2D eigenvalue weighted by atomic mass is 16.5. The number of nitrogens with one attached hydrogen (secondary N) is 2. The number of hydrogen-bond donors (Lipinski definition) is 2. The Labute approximate surface area is 180 Å². The fourth-order valence-corrected chi connectivity index (χ4v) is 3.80. The number of imidazole rings is 1. The third-order valence-corrected chi connectivity index (χ3v) is 5.21. The molecule has 1 fully saturated rings. The van der Waals surface area contributed by atoms with Crippen LogP contribution in [-0.4, -0.2) is 72.9 Å². The van der Waals surface area contributed by atoms with Crippen molar-refractivity contribution in [3.05, 3.63) is 54.1 Å². The molecular weight excluding hydrogens is 376 g/mol. The normalized spacial score (nSPS) is 18.0. The molecule has 2 heterocycles. The molecule has 1 aromatic heterocycles. The molecule has 7 heteroatoms. The number of nitrogens with zero attached hydrogens (tertiary/aromatic N) is 4. The number of rotatable bonds is 9. The minimum atomic E-state index is 0.195. The molecule has 1 saturated heterocycles. The van der Waals surface area contributed by atoms with Crippen LogP contribution in [0.2, 0.25) is 0 Å². The minimum Gasteiger partial charge on any atom is -0.374 e. The zero-order valence-electron chi connectivity index (χ0n) is 18.6. The van der Waals surface area contributed by atoms with Crippen molar-refractivity contribution in [2.24, 2.45) is 10.9 Å². The molecule has 0 bridgehead atoms. The molecule has 1 atom stereocenters. The predicted molar refractivity (Wildman–Crippen MR) is 122 cm³/mol. The van der Waals surface area contributed by atoms with E-state index >= 15 is 0 Å². The summed E-state index contributed by atoms with van der Waals surface area (Å²) in [6.45, 7) is 10.8. The summed E-state index contributed by atoms with van der Waals surface area (Å²) in [5, 5.41) is 6.81. The third kappa shape index (κ3) is 7.15. The maximum absolute atomic E-state index is 5.92. The molecule has 30 heavy (non-hydrogen) atoms. The fourth-order valence-electron chi connectivity index (χ4n) is 3.80. The van der Waals surface area contributed by atoms with Crippen LogP contribution < -0.4 is 10.6 Å². The van der Waals surface area contributed by atoms with E-state index in [-0.39, 0.29) is 6.10 Å². The number of aromatic nitrogens is 2. The second kappa shape index (κ2) is 11.7. The van der Waals surface area contributed by atoms with Gasteiger partial charge in [0.1, 0.15) is 5.82 Å². The molecule has 0 radical (unpaired) electrons.